The molecule has 0 aromatic carbocycles. The third-order valence-electron chi connectivity index (χ3n) is 4.10. The summed E-state index contributed by atoms with van der Waals surface area (Å²) in [7, 11) is 1.96. The molecule has 0 spiro atoms. The number of morpholine rings is 1. The number of hydrogen-bond acceptors (Lipinski definition) is 7. The molecule has 0 saturated carbocycles. The van der Waals surface area contributed by atoms with Crippen molar-refractivity contribution in [3.8, 4) is 11.4 Å². The highest BCUT2D eigenvalue weighted by Crippen LogP contribution is 2.28. The van der Waals surface area contributed by atoms with Gasteiger partial charge in [0.25, 0.3) is 0 Å². The summed E-state index contributed by atoms with van der Waals surface area (Å²) >= 11 is 7.50. The van der Waals surface area contributed by atoms with Gasteiger partial charge in [-0.3, -0.25) is 4.57 Å². The molecule has 0 bridgehead atoms. The van der Waals surface area contributed by atoms with Crippen LogP contribution in [-0.2, 0) is 11.8 Å². The number of anilines is 1. The van der Waals surface area contributed by atoms with E-state index in [0.29, 0.717) is 18.3 Å². The molecule has 4 rings (SSSR count). The van der Waals surface area contributed by atoms with Crippen LogP contribution in [0.2, 0.25) is 5.15 Å². The summed E-state index contributed by atoms with van der Waals surface area (Å²) in [5.41, 5.74) is 1.91. The number of aromatic nitrogens is 5. The molecule has 1 atom stereocenters. The van der Waals surface area contributed by atoms with Gasteiger partial charge in [-0.1, -0.05) is 11.6 Å². The van der Waals surface area contributed by atoms with E-state index in [1.807, 2.05) is 30.0 Å². The molecule has 130 valence electrons. The van der Waals surface area contributed by atoms with Crippen molar-refractivity contribution >= 4 is 28.9 Å². The molecule has 1 unspecified atom stereocenters. The molecule has 1 fully saturated rings. The van der Waals surface area contributed by atoms with Crippen molar-refractivity contribution in [1.82, 2.24) is 24.7 Å². The number of aryl methyl sites for hydroxylation is 1. The lowest BCUT2D eigenvalue weighted by molar-refractivity contribution is 0.0388. The topological polar surface area (TPSA) is 69.0 Å². The van der Waals surface area contributed by atoms with Gasteiger partial charge in [-0.05, 0) is 19.1 Å². The molecular formula is C16H17ClN6OS. The van der Waals surface area contributed by atoms with Gasteiger partial charge in [0.2, 0.25) is 5.95 Å². The standard InChI is InChI=1S/C16H17ClN6OS/c1-10-9-25-15(19-10)12-8-23(5-6-24-12)16-21-20-14(22(16)2)11-3-4-13(17)18-7-11/h3-4,7,9,12H,5-6,8H2,1-2H3. The van der Waals surface area contributed by atoms with E-state index >= 15 is 0 Å². The lowest BCUT2D eigenvalue weighted by atomic mass is 10.2. The third kappa shape index (κ3) is 3.24. The molecule has 3 aromatic heterocycles. The highest BCUT2D eigenvalue weighted by molar-refractivity contribution is 7.09. The van der Waals surface area contributed by atoms with Gasteiger partial charge in [0.15, 0.2) is 5.82 Å². The van der Waals surface area contributed by atoms with Crippen molar-refractivity contribution in [2.45, 2.75) is 13.0 Å². The number of hydrogen-bond donors (Lipinski definition) is 0. The van der Waals surface area contributed by atoms with Crippen LogP contribution in [-0.4, -0.2) is 44.4 Å². The fourth-order valence-corrected chi connectivity index (χ4v) is 3.80. The van der Waals surface area contributed by atoms with Gasteiger partial charge < -0.3 is 9.64 Å². The molecule has 3 aromatic rings. The zero-order chi connectivity index (χ0) is 17.4. The Hall–Kier alpha value is -2.03. The van der Waals surface area contributed by atoms with Crippen LogP contribution < -0.4 is 4.90 Å². The monoisotopic (exact) mass is 376 g/mol. The van der Waals surface area contributed by atoms with Crippen molar-refractivity contribution < 1.29 is 4.74 Å². The molecule has 1 saturated heterocycles. The van der Waals surface area contributed by atoms with Crippen molar-refractivity contribution in [1.29, 1.82) is 0 Å². The normalized spacial score (nSPS) is 17.9. The summed E-state index contributed by atoms with van der Waals surface area (Å²) in [6, 6.07) is 3.64. The molecule has 7 nitrogen and oxygen atoms in total. The van der Waals surface area contributed by atoms with Crippen molar-refractivity contribution in [2.24, 2.45) is 7.05 Å². The summed E-state index contributed by atoms with van der Waals surface area (Å²) in [6.45, 7) is 4.10. The largest absolute Gasteiger partial charge is 0.367 e. The van der Waals surface area contributed by atoms with Crippen LogP contribution in [0.15, 0.2) is 23.7 Å². The summed E-state index contributed by atoms with van der Waals surface area (Å²) in [6.07, 6.45) is 1.67. The number of pyridine rings is 1. The van der Waals surface area contributed by atoms with E-state index in [1.165, 1.54) is 0 Å². The van der Waals surface area contributed by atoms with E-state index in [1.54, 1.807) is 23.6 Å². The first-order valence-electron chi connectivity index (χ1n) is 7.91. The third-order valence-corrected chi connectivity index (χ3v) is 5.38. The Balaban J connectivity index is 1.58. The quantitative estimate of drug-likeness (QED) is 0.655. The number of rotatable bonds is 3. The molecule has 4 heterocycles. The maximum atomic E-state index is 5.90. The van der Waals surface area contributed by atoms with Crippen LogP contribution >= 0.6 is 22.9 Å². The second-order valence-electron chi connectivity index (χ2n) is 5.88. The van der Waals surface area contributed by atoms with E-state index < -0.39 is 0 Å². The molecule has 25 heavy (non-hydrogen) atoms. The lowest BCUT2D eigenvalue weighted by Crippen LogP contribution is -2.39. The van der Waals surface area contributed by atoms with Crippen LogP contribution in [0, 0.1) is 6.92 Å². The van der Waals surface area contributed by atoms with Gasteiger partial charge in [-0.2, -0.15) is 0 Å². The minimum absolute atomic E-state index is 0.0372. The first-order chi connectivity index (χ1) is 12.1. The summed E-state index contributed by atoms with van der Waals surface area (Å²) in [5, 5.41) is 12.2. The Morgan fingerprint density at radius 2 is 2.20 bits per heavy atom. The summed E-state index contributed by atoms with van der Waals surface area (Å²) in [5.74, 6) is 1.57. The zero-order valence-electron chi connectivity index (χ0n) is 13.9. The zero-order valence-corrected chi connectivity index (χ0v) is 15.5. The van der Waals surface area contributed by atoms with Crippen molar-refractivity contribution in [2.75, 3.05) is 24.6 Å². The predicted octanol–water partition coefficient (Wildman–Crippen LogP) is 2.87. The first-order valence-corrected chi connectivity index (χ1v) is 9.17. The van der Waals surface area contributed by atoms with Crippen molar-refractivity contribution in [3.63, 3.8) is 0 Å². The van der Waals surface area contributed by atoms with Gasteiger partial charge in [-0.15, -0.1) is 21.5 Å². The van der Waals surface area contributed by atoms with Gasteiger partial charge in [0, 0.05) is 36.4 Å². The smallest absolute Gasteiger partial charge is 0.227 e. The van der Waals surface area contributed by atoms with Gasteiger partial charge in [0.1, 0.15) is 16.3 Å². The Bertz CT molecular complexity index is 877. The minimum Gasteiger partial charge on any atom is -0.367 e. The predicted molar refractivity (Wildman–Crippen MR) is 97.0 cm³/mol. The van der Waals surface area contributed by atoms with Crippen LogP contribution in [0.4, 0.5) is 5.95 Å². The Kier molecular flexibility index (Phi) is 4.41. The molecule has 0 aliphatic carbocycles. The maximum absolute atomic E-state index is 5.90. The lowest BCUT2D eigenvalue weighted by Gasteiger charge is -2.32. The Labute approximate surface area is 154 Å². The Morgan fingerprint density at radius 3 is 2.92 bits per heavy atom. The summed E-state index contributed by atoms with van der Waals surface area (Å²) in [4.78, 5) is 10.9. The van der Waals surface area contributed by atoms with Gasteiger partial charge in [0.05, 0.1) is 13.2 Å². The van der Waals surface area contributed by atoms with E-state index in [9.17, 15) is 0 Å². The number of thiazole rings is 1. The second kappa shape index (κ2) is 6.70. The highest BCUT2D eigenvalue weighted by atomic mass is 35.5. The SMILES string of the molecule is Cc1csc(C2CN(c3nnc(-c4ccc(Cl)nc4)n3C)CCO2)n1. The van der Waals surface area contributed by atoms with Crippen LogP contribution in [0.5, 0.6) is 0 Å². The molecule has 1 aliphatic rings. The maximum Gasteiger partial charge on any atom is 0.227 e. The molecular weight excluding hydrogens is 360 g/mol. The van der Waals surface area contributed by atoms with Gasteiger partial charge in [-0.25, -0.2) is 9.97 Å². The van der Waals surface area contributed by atoms with Crippen molar-refractivity contribution in [3.05, 3.63) is 39.6 Å². The van der Waals surface area contributed by atoms with Crippen LogP contribution in [0.3, 0.4) is 0 Å². The summed E-state index contributed by atoms with van der Waals surface area (Å²) < 4.78 is 7.87. The van der Waals surface area contributed by atoms with E-state index in [4.69, 9.17) is 16.3 Å². The molecule has 0 amide bonds. The molecule has 1 aliphatic heterocycles. The fourth-order valence-electron chi connectivity index (χ4n) is 2.86. The second-order valence-corrected chi connectivity index (χ2v) is 7.16. The highest BCUT2D eigenvalue weighted by Gasteiger charge is 2.27. The van der Waals surface area contributed by atoms with Gasteiger partial charge >= 0.3 is 0 Å². The van der Waals surface area contributed by atoms with Crippen LogP contribution in [0.1, 0.15) is 16.8 Å². The Morgan fingerprint density at radius 1 is 1.32 bits per heavy atom. The van der Waals surface area contributed by atoms with E-state index in [2.05, 4.69) is 25.1 Å². The molecule has 9 heteroatoms. The average Bonchev–Trinajstić information content (AvgIpc) is 3.22. The molecule has 0 radical (unpaired) electrons. The average molecular weight is 377 g/mol. The first kappa shape index (κ1) is 16.4. The number of nitrogens with zero attached hydrogens (tertiary/aromatic N) is 6. The number of halogens is 1. The molecule has 0 N–H and O–H groups in total. The number of ether oxygens (including phenoxy) is 1. The fraction of sp³-hybridized carbons (Fsp3) is 0.375. The van der Waals surface area contributed by atoms with Crippen LogP contribution in [0.25, 0.3) is 11.4 Å². The van der Waals surface area contributed by atoms with E-state index in [-0.39, 0.29) is 6.10 Å². The minimum atomic E-state index is -0.0372. The van der Waals surface area contributed by atoms with E-state index in [0.717, 1.165) is 34.6 Å².